The lowest BCUT2D eigenvalue weighted by atomic mass is 9.86. The van der Waals surface area contributed by atoms with Crippen molar-refractivity contribution in [2.24, 2.45) is 0 Å². The molecule has 0 atom stereocenters. The summed E-state index contributed by atoms with van der Waals surface area (Å²) in [5.74, 6) is 0. The first-order valence-electron chi connectivity index (χ1n) is 8.69. The molecule has 0 saturated heterocycles. The molecule has 0 bridgehead atoms. The molecule has 26 heavy (non-hydrogen) atoms. The van der Waals surface area contributed by atoms with Crippen molar-refractivity contribution < 1.29 is 5.11 Å². The van der Waals surface area contributed by atoms with E-state index in [-0.39, 0.29) is 5.05 Å². The minimum absolute atomic E-state index is 0.0231. The maximum Gasteiger partial charge on any atom is 0.160 e. The van der Waals surface area contributed by atoms with Crippen molar-refractivity contribution in [3.63, 3.8) is 0 Å². The van der Waals surface area contributed by atoms with E-state index in [2.05, 4.69) is 60.7 Å². The van der Waals surface area contributed by atoms with Crippen molar-refractivity contribution in [3.8, 4) is 11.1 Å². The number of benzene rings is 5. The maximum atomic E-state index is 9.81. The SMILES string of the molecule is OC(=S)Cc1cc2ccc3cccc4ccc(c1-c1ccccc1)c2c34. The fraction of sp³-hybridized carbons (Fsp3) is 0.0417. The van der Waals surface area contributed by atoms with Gasteiger partial charge < -0.3 is 5.11 Å². The first kappa shape index (κ1) is 15.3. The Morgan fingerprint density at radius 2 is 1.42 bits per heavy atom. The summed E-state index contributed by atoms with van der Waals surface area (Å²) < 4.78 is 0. The Morgan fingerprint density at radius 1 is 0.731 bits per heavy atom. The summed E-state index contributed by atoms with van der Waals surface area (Å²) in [6.45, 7) is 0. The van der Waals surface area contributed by atoms with E-state index >= 15 is 0 Å². The average Bonchev–Trinajstić information content (AvgIpc) is 2.66. The van der Waals surface area contributed by atoms with Gasteiger partial charge >= 0.3 is 0 Å². The van der Waals surface area contributed by atoms with Crippen LogP contribution in [0.4, 0.5) is 0 Å². The topological polar surface area (TPSA) is 20.2 Å². The van der Waals surface area contributed by atoms with Gasteiger partial charge in [-0.05, 0) is 67.3 Å². The van der Waals surface area contributed by atoms with Crippen LogP contribution in [0, 0.1) is 0 Å². The van der Waals surface area contributed by atoms with Crippen LogP contribution in [0.2, 0.25) is 0 Å². The van der Waals surface area contributed by atoms with Crippen molar-refractivity contribution in [2.75, 3.05) is 0 Å². The zero-order valence-corrected chi connectivity index (χ0v) is 14.9. The van der Waals surface area contributed by atoms with Crippen LogP contribution in [0.3, 0.4) is 0 Å². The van der Waals surface area contributed by atoms with E-state index in [0.717, 1.165) is 16.7 Å². The molecule has 5 aromatic carbocycles. The minimum Gasteiger partial charge on any atom is -0.502 e. The monoisotopic (exact) mass is 352 g/mol. The van der Waals surface area contributed by atoms with E-state index < -0.39 is 0 Å². The zero-order chi connectivity index (χ0) is 17.7. The molecule has 5 aromatic rings. The van der Waals surface area contributed by atoms with E-state index in [9.17, 15) is 5.11 Å². The Bertz CT molecular complexity index is 1260. The van der Waals surface area contributed by atoms with Crippen molar-refractivity contribution in [2.45, 2.75) is 6.42 Å². The van der Waals surface area contributed by atoms with Gasteiger partial charge in [0.2, 0.25) is 0 Å². The van der Waals surface area contributed by atoms with Crippen LogP contribution >= 0.6 is 12.2 Å². The molecule has 124 valence electrons. The van der Waals surface area contributed by atoms with Crippen LogP contribution in [0.25, 0.3) is 43.4 Å². The third kappa shape index (κ3) is 2.27. The lowest BCUT2D eigenvalue weighted by Gasteiger charge is -2.18. The Labute approximate surface area is 156 Å². The van der Waals surface area contributed by atoms with Crippen LogP contribution < -0.4 is 0 Å². The highest BCUT2D eigenvalue weighted by Gasteiger charge is 2.16. The Morgan fingerprint density at radius 3 is 2.15 bits per heavy atom. The highest BCUT2D eigenvalue weighted by Crippen LogP contribution is 2.41. The maximum absolute atomic E-state index is 9.81. The molecule has 0 unspecified atom stereocenters. The molecular weight excluding hydrogens is 336 g/mol. The molecule has 0 aromatic heterocycles. The summed E-state index contributed by atoms with van der Waals surface area (Å²) >= 11 is 5.02. The largest absolute Gasteiger partial charge is 0.502 e. The van der Waals surface area contributed by atoms with E-state index in [0.29, 0.717) is 6.42 Å². The third-order valence-electron chi connectivity index (χ3n) is 5.13. The number of aliphatic hydroxyl groups excluding tert-OH is 1. The van der Waals surface area contributed by atoms with Crippen molar-refractivity contribution in [1.82, 2.24) is 0 Å². The molecule has 0 heterocycles. The minimum atomic E-state index is 0.0231. The van der Waals surface area contributed by atoms with E-state index in [1.165, 1.54) is 32.3 Å². The van der Waals surface area contributed by atoms with Gasteiger partial charge in [-0.2, -0.15) is 0 Å². The highest BCUT2D eigenvalue weighted by atomic mass is 32.1. The number of aliphatic hydroxyl groups is 1. The predicted molar refractivity (Wildman–Crippen MR) is 115 cm³/mol. The van der Waals surface area contributed by atoms with Gasteiger partial charge in [-0.3, -0.25) is 0 Å². The van der Waals surface area contributed by atoms with Gasteiger partial charge in [-0.15, -0.1) is 0 Å². The van der Waals surface area contributed by atoms with Gasteiger partial charge in [0.25, 0.3) is 0 Å². The van der Waals surface area contributed by atoms with Gasteiger partial charge in [-0.1, -0.05) is 72.8 Å². The first-order valence-corrected chi connectivity index (χ1v) is 9.10. The second kappa shape index (κ2) is 5.79. The summed E-state index contributed by atoms with van der Waals surface area (Å²) in [5, 5.41) is 17.3. The Hall–Kier alpha value is -2.97. The predicted octanol–water partition coefficient (Wildman–Crippen LogP) is 6.68. The summed E-state index contributed by atoms with van der Waals surface area (Å²) in [6, 6.07) is 27.7. The molecule has 1 N–H and O–H groups in total. The van der Waals surface area contributed by atoms with Gasteiger partial charge in [0.1, 0.15) is 0 Å². The second-order valence-electron chi connectivity index (χ2n) is 6.70. The molecule has 1 nitrogen and oxygen atoms in total. The van der Waals surface area contributed by atoms with E-state index in [1.54, 1.807) is 0 Å². The lowest BCUT2D eigenvalue weighted by molar-refractivity contribution is 0.556. The highest BCUT2D eigenvalue weighted by molar-refractivity contribution is 7.80. The molecule has 0 aliphatic rings. The average molecular weight is 352 g/mol. The molecule has 5 rings (SSSR count). The Kier molecular flexibility index (Phi) is 3.41. The summed E-state index contributed by atoms with van der Waals surface area (Å²) in [6.07, 6.45) is 0.385. The normalized spacial score (nSPS) is 11.5. The van der Waals surface area contributed by atoms with E-state index in [1.807, 2.05) is 18.2 Å². The van der Waals surface area contributed by atoms with Crippen molar-refractivity contribution in [3.05, 3.63) is 84.4 Å². The van der Waals surface area contributed by atoms with Gasteiger partial charge in [0.05, 0.1) is 0 Å². The number of rotatable bonds is 3. The number of hydrogen-bond donors (Lipinski definition) is 1. The van der Waals surface area contributed by atoms with Crippen LogP contribution in [-0.4, -0.2) is 10.2 Å². The third-order valence-corrected chi connectivity index (χ3v) is 5.28. The molecule has 0 radical (unpaired) electrons. The van der Waals surface area contributed by atoms with Crippen LogP contribution in [0.1, 0.15) is 5.56 Å². The van der Waals surface area contributed by atoms with Crippen LogP contribution in [0.15, 0.2) is 78.9 Å². The molecule has 2 heteroatoms. The molecule has 0 fully saturated rings. The van der Waals surface area contributed by atoms with Crippen LogP contribution in [-0.2, 0) is 6.42 Å². The molecule has 0 amide bonds. The zero-order valence-electron chi connectivity index (χ0n) is 14.1. The molecule has 0 aliphatic heterocycles. The number of thiocarbonyl (C=S) groups is 1. The van der Waals surface area contributed by atoms with Crippen LogP contribution in [0.5, 0.6) is 0 Å². The lowest BCUT2D eigenvalue weighted by Crippen LogP contribution is -2.01. The van der Waals surface area contributed by atoms with Gasteiger partial charge in [0.15, 0.2) is 5.05 Å². The summed E-state index contributed by atoms with van der Waals surface area (Å²) in [7, 11) is 0. The summed E-state index contributed by atoms with van der Waals surface area (Å²) in [5.41, 5.74) is 3.37. The fourth-order valence-electron chi connectivity index (χ4n) is 4.12. The van der Waals surface area contributed by atoms with Gasteiger partial charge in [-0.25, -0.2) is 0 Å². The Balaban J connectivity index is 2.00. The smallest absolute Gasteiger partial charge is 0.160 e. The second-order valence-corrected chi connectivity index (χ2v) is 7.17. The molecular formula is C24H16OS. The van der Waals surface area contributed by atoms with E-state index in [4.69, 9.17) is 12.2 Å². The van der Waals surface area contributed by atoms with Crippen molar-refractivity contribution >= 4 is 49.6 Å². The molecule has 0 spiro atoms. The quantitative estimate of drug-likeness (QED) is 0.289. The summed E-state index contributed by atoms with van der Waals surface area (Å²) in [4.78, 5) is 0. The standard InChI is InChI=1S/C24H16OS/c25-21(26)14-19-13-18-10-9-16-7-4-8-17-11-12-20(24(18)23(16)17)22(19)15-5-2-1-3-6-15/h1-13H,14H2,(H,25,26). The number of hydrogen-bond acceptors (Lipinski definition) is 1. The molecule has 0 saturated carbocycles. The van der Waals surface area contributed by atoms with Crippen molar-refractivity contribution in [1.29, 1.82) is 0 Å². The van der Waals surface area contributed by atoms with Gasteiger partial charge in [0, 0.05) is 6.42 Å². The molecule has 0 aliphatic carbocycles. The fourth-order valence-corrected chi connectivity index (χ4v) is 4.27. The first-order chi connectivity index (χ1) is 12.7.